The molecule has 22 heavy (non-hydrogen) atoms. The Bertz CT molecular complexity index is 659. The van der Waals surface area contributed by atoms with Crippen LogP contribution in [0.15, 0.2) is 48.5 Å². The van der Waals surface area contributed by atoms with E-state index in [1.165, 1.54) is 0 Å². The summed E-state index contributed by atoms with van der Waals surface area (Å²) in [6.07, 6.45) is 2.18. The number of nitrogens with one attached hydrogen (secondary N) is 1. The molecule has 114 valence electrons. The number of para-hydroxylation sites is 1. The summed E-state index contributed by atoms with van der Waals surface area (Å²) in [7, 11) is 0. The molecular weight excluding hydrogens is 274 g/mol. The Hall–Kier alpha value is -2.42. The highest BCUT2D eigenvalue weighted by atomic mass is 16.5. The Morgan fingerprint density at radius 3 is 2.45 bits per heavy atom. The molecule has 3 heteroatoms. The maximum Gasteiger partial charge on any atom is 0.311 e. The van der Waals surface area contributed by atoms with Crippen molar-refractivity contribution >= 4 is 11.7 Å². The van der Waals surface area contributed by atoms with Gasteiger partial charge in [-0.05, 0) is 25.5 Å². The molecule has 0 bridgehead atoms. The summed E-state index contributed by atoms with van der Waals surface area (Å²) in [5, 5.41) is 8.37. The van der Waals surface area contributed by atoms with E-state index in [1.807, 2.05) is 56.3 Å². The van der Waals surface area contributed by atoms with E-state index >= 15 is 0 Å². The molecule has 0 amide bonds. The van der Waals surface area contributed by atoms with Crippen LogP contribution < -0.4 is 4.74 Å². The van der Waals surface area contributed by atoms with Gasteiger partial charge in [-0.25, -0.2) is 0 Å². The number of aryl methyl sites for hydroxylation is 1. The number of benzene rings is 2. The monoisotopic (exact) mass is 295 g/mol. The molecule has 0 aliphatic heterocycles. The number of ether oxygens (including phenoxy) is 1. The van der Waals surface area contributed by atoms with E-state index in [2.05, 4.69) is 0 Å². The lowest BCUT2D eigenvalue weighted by molar-refractivity contribution is -0.134. The highest BCUT2D eigenvalue weighted by Crippen LogP contribution is 2.22. The summed E-state index contributed by atoms with van der Waals surface area (Å²) >= 11 is 0. The van der Waals surface area contributed by atoms with Gasteiger partial charge >= 0.3 is 5.97 Å². The van der Waals surface area contributed by atoms with Crippen LogP contribution in [0.5, 0.6) is 5.75 Å². The molecule has 0 aromatic heterocycles. The lowest BCUT2D eigenvalue weighted by Crippen LogP contribution is -2.11. The van der Waals surface area contributed by atoms with Crippen LogP contribution in [0, 0.1) is 12.3 Å². The third-order valence-electron chi connectivity index (χ3n) is 3.45. The molecule has 2 aromatic carbocycles. The first-order valence-electron chi connectivity index (χ1n) is 7.57. The van der Waals surface area contributed by atoms with E-state index in [1.54, 1.807) is 6.07 Å². The minimum atomic E-state index is -0.244. The van der Waals surface area contributed by atoms with Crippen molar-refractivity contribution < 1.29 is 9.53 Å². The van der Waals surface area contributed by atoms with Crippen molar-refractivity contribution in [3.05, 3.63) is 65.2 Å². The Morgan fingerprint density at radius 1 is 1.09 bits per heavy atom. The molecule has 0 aliphatic rings. The van der Waals surface area contributed by atoms with Crippen LogP contribution in [-0.4, -0.2) is 11.7 Å². The highest BCUT2D eigenvalue weighted by molar-refractivity contribution is 6.12. The van der Waals surface area contributed by atoms with Crippen molar-refractivity contribution in [3.63, 3.8) is 0 Å². The smallest absolute Gasteiger partial charge is 0.311 e. The van der Waals surface area contributed by atoms with E-state index in [0.29, 0.717) is 23.4 Å². The van der Waals surface area contributed by atoms with Crippen LogP contribution in [0.2, 0.25) is 0 Å². The topological polar surface area (TPSA) is 50.2 Å². The molecule has 0 saturated heterocycles. The second-order valence-corrected chi connectivity index (χ2v) is 5.31. The average molecular weight is 295 g/mol. The zero-order valence-corrected chi connectivity index (χ0v) is 13.1. The largest absolute Gasteiger partial charge is 0.426 e. The molecule has 2 rings (SSSR count). The lowest BCUT2D eigenvalue weighted by Gasteiger charge is -2.11. The third-order valence-corrected chi connectivity index (χ3v) is 3.45. The average Bonchev–Trinajstić information content (AvgIpc) is 2.53. The van der Waals surface area contributed by atoms with E-state index < -0.39 is 0 Å². The van der Waals surface area contributed by atoms with Crippen LogP contribution in [0.4, 0.5) is 0 Å². The van der Waals surface area contributed by atoms with Crippen LogP contribution in [0.1, 0.15) is 42.9 Å². The maximum absolute atomic E-state index is 11.8. The van der Waals surface area contributed by atoms with Gasteiger partial charge in [-0.1, -0.05) is 55.3 Å². The maximum atomic E-state index is 11.8. The van der Waals surface area contributed by atoms with Gasteiger partial charge < -0.3 is 4.74 Å². The molecular formula is C19H21NO2. The minimum absolute atomic E-state index is 0.244. The fourth-order valence-corrected chi connectivity index (χ4v) is 2.13. The van der Waals surface area contributed by atoms with Crippen LogP contribution >= 0.6 is 0 Å². The summed E-state index contributed by atoms with van der Waals surface area (Å²) in [5.41, 5.74) is 2.95. The Labute approximate surface area is 131 Å². The zero-order valence-electron chi connectivity index (χ0n) is 13.1. The number of carbonyl (C=O) groups is 1. The molecule has 0 saturated carbocycles. The second-order valence-electron chi connectivity index (χ2n) is 5.31. The Kier molecular flexibility index (Phi) is 5.48. The van der Waals surface area contributed by atoms with Gasteiger partial charge in [0, 0.05) is 17.5 Å². The molecule has 0 aliphatic carbocycles. The van der Waals surface area contributed by atoms with Crippen molar-refractivity contribution in [2.24, 2.45) is 0 Å². The molecule has 0 spiro atoms. The van der Waals surface area contributed by atoms with Crippen LogP contribution in [0.25, 0.3) is 0 Å². The van der Waals surface area contributed by atoms with Crippen LogP contribution in [0.3, 0.4) is 0 Å². The first-order chi connectivity index (χ1) is 10.6. The third kappa shape index (κ3) is 4.04. The Balaban J connectivity index is 2.22. The normalized spacial score (nSPS) is 10.3. The van der Waals surface area contributed by atoms with Gasteiger partial charge in [0.05, 0.1) is 5.71 Å². The molecule has 0 unspecified atom stereocenters. The van der Waals surface area contributed by atoms with Gasteiger partial charge in [0.25, 0.3) is 0 Å². The molecule has 1 N–H and O–H groups in total. The van der Waals surface area contributed by atoms with Gasteiger partial charge in [0.15, 0.2) is 0 Å². The SMILES string of the molecule is CCCCC(=O)Oc1ccccc1C(=N)c1ccc(C)cc1. The van der Waals surface area contributed by atoms with Crippen molar-refractivity contribution in [1.82, 2.24) is 0 Å². The molecule has 0 heterocycles. The van der Waals surface area contributed by atoms with Crippen molar-refractivity contribution in [1.29, 1.82) is 5.41 Å². The highest BCUT2D eigenvalue weighted by Gasteiger charge is 2.13. The number of hydrogen-bond acceptors (Lipinski definition) is 3. The number of unbranched alkanes of at least 4 members (excludes halogenated alkanes) is 1. The number of esters is 1. The van der Waals surface area contributed by atoms with Crippen molar-refractivity contribution in [2.75, 3.05) is 0 Å². The molecule has 0 radical (unpaired) electrons. The number of carbonyl (C=O) groups excluding carboxylic acids is 1. The predicted octanol–water partition coefficient (Wildman–Crippen LogP) is 4.51. The van der Waals surface area contributed by atoms with Gasteiger partial charge in [-0.15, -0.1) is 0 Å². The predicted molar refractivity (Wildman–Crippen MR) is 88.7 cm³/mol. The van der Waals surface area contributed by atoms with Crippen molar-refractivity contribution in [2.45, 2.75) is 33.1 Å². The fourth-order valence-electron chi connectivity index (χ4n) is 2.13. The first kappa shape index (κ1) is 16.0. The fraction of sp³-hybridized carbons (Fsp3) is 0.263. The standard InChI is InChI=1S/C19H21NO2/c1-3-4-9-18(21)22-17-8-6-5-7-16(17)19(20)15-12-10-14(2)11-13-15/h5-8,10-13,20H,3-4,9H2,1-2H3. The van der Waals surface area contributed by atoms with Gasteiger partial charge in [-0.3, -0.25) is 10.2 Å². The zero-order chi connectivity index (χ0) is 15.9. The minimum Gasteiger partial charge on any atom is -0.426 e. The van der Waals surface area contributed by atoms with Crippen LogP contribution in [-0.2, 0) is 4.79 Å². The number of hydrogen-bond donors (Lipinski definition) is 1. The molecule has 0 fully saturated rings. The van der Waals surface area contributed by atoms with Gasteiger partial charge in [0.1, 0.15) is 5.75 Å². The molecule has 3 nitrogen and oxygen atoms in total. The van der Waals surface area contributed by atoms with Crippen molar-refractivity contribution in [3.8, 4) is 5.75 Å². The molecule has 2 aromatic rings. The number of rotatable bonds is 6. The van der Waals surface area contributed by atoms with Gasteiger partial charge in [-0.2, -0.15) is 0 Å². The summed E-state index contributed by atoms with van der Waals surface area (Å²) in [4.78, 5) is 11.8. The molecule has 0 atom stereocenters. The Morgan fingerprint density at radius 2 is 1.77 bits per heavy atom. The summed E-state index contributed by atoms with van der Waals surface area (Å²) in [6, 6.07) is 15.0. The summed E-state index contributed by atoms with van der Waals surface area (Å²) in [5.74, 6) is 0.209. The van der Waals surface area contributed by atoms with E-state index in [0.717, 1.165) is 24.0 Å². The lowest BCUT2D eigenvalue weighted by atomic mass is 10.0. The van der Waals surface area contributed by atoms with Gasteiger partial charge in [0.2, 0.25) is 0 Å². The summed E-state index contributed by atoms with van der Waals surface area (Å²) in [6.45, 7) is 4.05. The van der Waals surface area contributed by atoms with E-state index in [-0.39, 0.29) is 5.97 Å². The first-order valence-corrected chi connectivity index (χ1v) is 7.57. The van der Waals surface area contributed by atoms with E-state index in [9.17, 15) is 4.79 Å². The van der Waals surface area contributed by atoms with E-state index in [4.69, 9.17) is 10.1 Å². The second kappa shape index (κ2) is 7.55. The summed E-state index contributed by atoms with van der Waals surface area (Å²) < 4.78 is 5.43. The quantitative estimate of drug-likeness (QED) is 0.484.